The second-order valence-electron chi connectivity index (χ2n) is 9.13. The molecule has 3 fully saturated rings. The highest BCUT2D eigenvalue weighted by molar-refractivity contribution is 5.79. The molecule has 2 aromatic rings. The molecule has 0 saturated carbocycles. The Bertz CT molecular complexity index is 948. The van der Waals surface area contributed by atoms with Gasteiger partial charge in [0.1, 0.15) is 6.54 Å². The SMILES string of the molecule is CCC[C@H]1[C@H]2C[C@H](CN(C(=O)Cn3c(=O)oc4ccccc43)C2)[C@@H]2CCCCN21. The molecule has 3 aliphatic rings. The van der Waals surface area contributed by atoms with E-state index in [1.165, 1.54) is 49.6 Å². The van der Waals surface area contributed by atoms with Gasteiger partial charge in [-0.3, -0.25) is 14.3 Å². The first-order chi connectivity index (χ1) is 14.2. The zero-order valence-corrected chi connectivity index (χ0v) is 17.3. The Hall–Kier alpha value is -2.08. The van der Waals surface area contributed by atoms with Crippen molar-refractivity contribution < 1.29 is 9.21 Å². The van der Waals surface area contributed by atoms with Crippen LogP contribution in [0, 0.1) is 11.8 Å². The van der Waals surface area contributed by atoms with Gasteiger partial charge < -0.3 is 9.32 Å². The maximum atomic E-state index is 13.2. The lowest BCUT2D eigenvalue weighted by atomic mass is 9.71. The summed E-state index contributed by atoms with van der Waals surface area (Å²) in [6.45, 7) is 5.23. The molecule has 2 bridgehead atoms. The third-order valence-corrected chi connectivity index (χ3v) is 7.43. The summed E-state index contributed by atoms with van der Waals surface area (Å²) in [7, 11) is 0. The molecule has 156 valence electrons. The number of hydrogen-bond acceptors (Lipinski definition) is 4. The minimum absolute atomic E-state index is 0.0489. The van der Waals surface area contributed by atoms with Crippen LogP contribution in [0.15, 0.2) is 33.5 Å². The van der Waals surface area contributed by atoms with E-state index in [2.05, 4.69) is 11.8 Å². The Balaban J connectivity index is 1.37. The van der Waals surface area contributed by atoms with Crippen molar-refractivity contribution in [2.24, 2.45) is 11.8 Å². The number of amides is 1. The average Bonchev–Trinajstić information content (AvgIpc) is 3.06. The molecule has 0 spiro atoms. The zero-order valence-electron chi connectivity index (χ0n) is 17.3. The van der Waals surface area contributed by atoms with Crippen molar-refractivity contribution in [2.75, 3.05) is 19.6 Å². The highest BCUT2D eigenvalue weighted by Gasteiger charge is 2.47. The van der Waals surface area contributed by atoms with Crippen molar-refractivity contribution in [3.05, 3.63) is 34.8 Å². The van der Waals surface area contributed by atoms with Crippen molar-refractivity contribution in [2.45, 2.75) is 64.1 Å². The first-order valence-electron chi connectivity index (χ1n) is 11.3. The summed E-state index contributed by atoms with van der Waals surface area (Å²) in [5.41, 5.74) is 1.24. The van der Waals surface area contributed by atoms with Crippen LogP contribution in [0.4, 0.5) is 0 Å². The van der Waals surface area contributed by atoms with E-state index in [0.29, 0.717) is 35.0 Å². The standard InChI is InChI=1S/C23H31N3O3/c1-2-7-18-16-12-17(19-8-5-6-11-25(18)19)14-24(13-16)22(27)15-26-20-9-3-4-10-21(20)29-23(26)28/h3-4,9-10,16-19H,2,5-8,11-15H2,1H3/t16-,17+,18-,19-/m0/s1. The molecule has 6 nitrogen and oxygen atoms in total. The highest BCUT2D eigenvalue weighted by Crippen LogP contribution is 2.42. The maximum absolute atomic E-state index is 13.2. The van der Waals surface area contributed by atoms with Gasteiger partial charge in [0.2, 0.25) is 5.91 Å². The normalized spacial score (nSPS) is 29.8. The second kappa shape index (κ2) is 7.63. The van der Waals surface area contributed by atoms with E-state index in [9.17, 15) is 9.59 Å². The van der Waals surface area contributed by atoms with Gasteiger partial charge in [-0.1, -0.05) is 31.9 Å². The average molecular weight is 398 g/mol. The summed E-state index contributed by atoms with van der Waals surface area (Å²) in [5, 5.41) is 0. The van der Waals surface area contributed by atoms with Crippen LogP contribution in [0.5, 0.6) is 0 Å². The van der Waals surface area contributed by atoms with Crippen molar-refractivity contribution in [3.8, 4) is 0 Å². The van der Waals surface area contributed by atoms with Gasteiger partial charge in [0.25, 0.3) is 0 Å². The van der Waals surface area contributed by atoms with Gasteiger partial charge in [-0.2, -0.15) is 0 Å². The summed E-state index contributed by atoms with van der Waals surface area (Å²) in [4.78, 5) is 30.4. The summed E-state index contributed by atoms with van der Waals surface area (Å²) < 4.78 is 6.80. The van der Waals surface area contributed by atoms with Gasteiger partial charge in [0.15, 0.2) is 5.58 Å². The molecule has 4 atom stereocenters. The van der Waals surface area contributed by atoms with Crippen LogP contribution < -0.4 is 5.76 Å². The fraction of sp³-hybridized carbons (Fsp3) is 0.652. The van der Waals surface area contributed by atoms with Gasteiger partial charge in [-0.05, 0) is 56.2 Å². The largest absolute Gasteiger partial charge is 0.420 e. The molecule has 1 aromatic carbocycles. The number of aromatic nitrogens is 1. The quantitative estimate of drug-likeness (QED) is 0.796. The number of oxazole rings is 1. The molecule has 5 rings (SSSR count). The maximum Gasteiger partial charge on any atom is 0.420 e. The van der Waals surface area contributed by atoms with Crippen molar-refractivity contribution in [1.82, 2.24) is 14.4 Å². The van der Waals surface area contributed by atoms with Crippen LogP contribution in [0.2, 0.25) is 0 Å². The summed E-state index contributed by atoms with van der Waals surface area (Å²) >= 11 is 0. The molecule has 0 N–H and O–H groups in total. The van der Waals surface area contributed by atoms with Crippen LogP contribution >= 0.6 is 0 Å². The molecule has 1 aromatic heterocycles. The first-order valence-corrected chi connectivity index (χ1v) is 11.3. The van der Waals surface area contributed by atoms with Crippen LogP contribution in [0.3, 0.4) is 0 Å². The summed E-state index contributed by atoms with van der Waals surface area (Å²) in [6, 6.07) is 8.56. The van der Waals surface area contributed by atoms with E-state index in [0.717, 1.165) is 13.1 Å². The smallest absolute Gasteiger partial charge is 0.408 e. The van der Waals surface area contributed by atoms with Crippen LogP contribution in [0.1, 0.15) is 45.4 Å². The Morgan fingerprint density at radius 1 is 1.17 bits per heavy atom. The van der Waals surface area contributed by atoms with Crippen LogP contribution in [-0.2, 0) is 11.3 Å². The Morgan fingerprint density at radius 3 is 2.86 bits per heavy atom. The van der Waals surface area contributed by atoms with Crippen LogP contribution in [0.25, 0.3) is 11.1 Å². The zero-order chi connectivity index (χ0) is 20.0. The van der Waals surface area contributed by atoms with Gasteiger partial charge in [-0.15, -0.1) is 0 Å². The Morgan fingerprint density at radius 2 is 2.00 bits per heavy atom. The molecule has 3 saturated heterocycles. The summed E-state index contributed by atoms with van der Waals surface area (Å²) in [5.74, 6) is 0.737. The molecule has 29 heavy (non-hydrogen) atoms. The minimum atomic E-state index is -0.445. The molecule has 0 unspecified atom stereocenters. The number of para-hydroxylation sites is 2. The molecule has 6 heteroatoms. The topological polar surface area (TPSA) is 58.7 Å². The van der Waals surface area contributed by atoms with Crippen molar-refractivity contribution >= 4 is 17.0 Å². The molecule has 1 amide bonds. The lowest BCUT2D eigenvalue weighted by molar-refractivity contribution is -0.141. The molecule has 0 aliphatic carbocycles. The van der Waals surface area contributed by atoms with Crippen molar-refractivity contribution in [1.29, 1.82) is 0 Å². The number of rotatable bonds is 4. The molecule has 4 heterocycles. The van der Waals surface area contributed by atoms with E-state index >= 15 is 0 Å². The van der Waals surface area contributed by atoms with Gasteiger partial charge in [-0.25, -0.2) is 4.79 Å². The third kappa shape index (κ3) is 3.31. The van der Waals surface area contributed by atoms with E-state index in [1.54, 1.807) is 6.07 Å². The molecular formula is C23H31N3O3. The summed E-state index contributed by atoms with van der Waals surface area (Å²) in [6.07, 6.45) is 7.57. The number of benzene rings is 1. The first kappa shape index (κ1) is 18.9. The number of piperidine rings is 3. The lowest BCUT2D eigenvalue weighted by Gasteiger charge is -2.57. The predicted molar refractivity (Wildman–Crippen MR) is 112 cm³/mol. The fourth-order valence-corrected chi connectivity index (χ4v) is 6.20. The highest BCUT2D eigenvalue weighted by atomic mass is 16.4. The number of likely N-dealkylation sites (tertiary alicyclic amines) is 1. The third-order valence-electron chi connectivity index (χ3n) is 7.43. The second-order valence-corrected chi connectivity index (χ2v) is 9.13. The fourth-order valence-electron chi connectivity index (χ4n) is 6.20. The molecule has 0 radical (unpaired) electrons. The lowest BCUT2D eigenvalue weighted by Crippen LogP contribution is -2.64. The minimum Gasteiger partial charge on any atom is -0.408 e. The van der Waals surface area contributed by atoms with Gasteiger partial charge in [0.05, 0.1) is 5.52 Å². The Labute approximate surface area is 171 Å². The van der Waals surface area contributed by atoms with E-state index in [1.807, 2.05) is 23.1 Å². The molecule has 3 aliphatic heterocycles. The van der Waals surface area contributed by atoms with E-state index in [-0.39, 0.29) is 12.5 Å². The van der Waals surface area contributed by atoms with E-state index in [4.69, 9.17) is 4.42 Å². The number of carbonyl (C=O) groups excluding carboxylic acids is 1. The van der Waals surface area contributed by atoms with Gasteiger partial charge >= 0.3 is 5.76 Å². The van der Waals surface area contributed by atoms with Gasteiger partial charge in [0, 0.05) is 25.2 Å². The number of nitrogens with zero attached hydrogens (tertiary/aromatic N) is 3. The number of fused-ring (bicyclic) bond motifs is 5. The number of hydrogen-bond donors (Lipinski definition) is 0. The van der Waals surface area contributed by atoms with E-state index < -0.39 is 5.76 Å². The Kier molecular flexibility index (Phi) is 4.98. The monoisotopic (exact) mass is 397 g/mol. The molecular weight excluding hydrogens is 366 g/mol. The number of carbonyl (C=O) groups is 1. The van der Waals surface area contributed by atoms with Crippen LogP contribution in [-0.4, -0.2) is 52.0 Å². The van der Waals surface area contributed by atoms with Crippen molar-refractivity contribution in [3.63, 3.8) is 0 Å². The predicted octanol–water partition coefficient (Wildman–Crippen LogP) is 3.10.